The minimum atomic E-state index is -0.724. The minimum Gasteiger partial charge on any atom is -0.360 e. The van der Waals surface area contributed by atoms with E-state index in [2.05, 4.69) is 10.6 Å². The molecule has 2 rings (SSSR count). The molecule has 0 aromatic heterocycles. The highest BCUT2D eigenvalue weighted by Gasteiger charge is 2.13. The number of anilines is 1. The van der Waals surface area contributed by atoms with Crippen molar-refractivity contribution in [3.05, 3.63) is 77.5 Å². The number of nitrogens with one attached hydrogen (secondary N) is 2. The molecule has 5 nitrogen and oxygen atoms in total. The Morgan fingerprint density at radius 2 is 1.75 bits per heavy atom. The second-order valence-corrected chi connectivity index (χ2v) is 5.22. The Balaban J connectivity index is 1.95. The van der Waals surface area contributed by atoms with Crippen molar-refractivity contribution in [2.24, 2.45) is 0 Å². The molecular weight excluding hydrogens is 302 g/mol. The van der Waals surface area contributed by atoms with Crippen molar-refractivity contribution in [2.45, 2.75) is 13.3 Å². The molecular formula is C19H17N3O2. The fourth-order valence-corrected chi connectivity index (χ4v) is 1.97. The molecule has 0 saturated heterocycles. The van der Waals surface area contributed by atoms with Gasteiger partial charge in [0.25, 0.3) is 5.91 Å². The van der Waals surface area contributed by atoms with Crippen molar-refractivity contribution >= 4 is 17.5 Å². The van der Waals surface area contributed by atoms with Gasteiger partial charge in [-0.05, 0) is 24.6 Å². The van der Waals surface area contributed by atoms with Gasteiger partial charge in [0.05, 0.1) is 6.42 Å². The van der Waals surface area contributed by atoms with Gasteiger partial charge < -0.3 is 5.32 Å². The molecule has 0 unspecified atom stereocenters. The van der Waals surface area contributed by atoms with Gasteiger partial charge in [-0.2, -0.15) is 5.26 Å². The standard InChI is InChI=1S/C19H17N3O2/c1-14-7-9-17(10-8-14)21-13-16(12-20)19(24)22-18(23)11-15-5-3-2-4-6-15/h2-10,13,21H,11H2,1H3,(H,22,23,24)/b16-13-. The normalized spacial score (nSPS) is 10.6. The summed E-state index contributed by atoms with van der Waals surface area (Å²) in [6.45, 7) is 1.96. The van der Waals surface area contributed by atoms with E-state index in [1.807, 2.05) is 49.4 Å². The lowest BCUT2D eigenvalue weighted by Crippen LogP contribution is -2.32. The summed E-state index contributed by atoms with van der Waals surface area (Å²) in [5.74, 6) is -1.18. The molecule has 0 fully saturated rings. The van der Waals surface area contributed by atoms with E-state index in [0.717, 1.165) is 16.8 Å². The van der Waals surface area contributed by atoms with Gasteiger partial charge in [-0.1, -0.05) is 48.0 Å². The summed E-state index contributed by atoms with van der Waals surface area (Å²) < 4.78 is 0. The molecule has 2 aromatic carbocycles. The van der Waals surface area contributed by atoms with Gasteiger partial charge in [0.2, 0.25) is 5.91 Å². The maximum atomic E-state index is 12.0. The van der Waals surface area contributed by atoms with Crippen molar-refractivity contribution in [3.8, 4) is 6.07 Å². The molecule has 0 spiro atoms. The number of nitriles is 1. The molecule has 2 N–H and O–H groups in total. The van der Waals surface area contributed by atoms with Crippen LogP contribution in [0.15, 0.2) is 66.4 Å². The zero-order valence-electron chi connectivity index (χ0n) is 13.2. The van der Waals surface area contributed by atoms with E-state index in [1.54, 1.807) is 18.2 Å². The predicted octanol–water partition coefficient (Wildman–Crippen LogP) is 2.70. The molecule has 5 heteroatoms. The molecule has 0 aliphatic heterocycles. The molecule has 0 aliphatic carbocycles. The quantitative estimate of drug-likeness (QED) is 0.656. The van der Waals surface area contributed by atoms with Gasteiger partial charge in [-0.15, -0.1) is 0 Å². The van der Waals surface area contributed by atoms with Crippen molar-refractivity contribution in [3.63, 3.8) is 0 Å². The van der Waals surface area contributed by atoms with Crippen LogP contribution in [-0.2, 0) is 16.0 Å². The van der Waals surface area contributed by atoms with E-state index in [0.29, 0.717) is 0 Å². The Morgan fingerprint density at radius 1 is 1.08 bits per heavy atom. The van der Waals surface area contributed by atoms with Crippen molar-refractivity contribution < 1.29 is 9.59 Å². The molecule has 0 aliphatic rings. The number of imide groups is 1. The average molecular weight is 319 g/mol. The minimum absolute atomic E-state index is 0.0800. The van der Waals surface area contributed by atoms with Crippen molar-refractivity contribution in [2.75, 3.05) is 5.32 Å². The first-order valence-corrected chi connectivity index (χ1v) is 7.40. The summed E-state index contributed by atoms with van der Waals surface area (Å²) in [6, 6.07) is 18.3. The third-order valence-corrected chi connectivity index (χ3v) is 3.26. The van der Waals surface area contributed by atoms with E-state index in [-0.39, 0.29) is 12.0 Å². The number of hydrogen-bond acceptors (Lipinski definition) is 4. The third kappa shape index (κ3) is 5.11. The molecule has 2 aromatic rings. The van der Waals surface area contributed by atoms with Crippen molar-refractivity contribution in [1.82, 2.24) is 5.32 Å². The maximum absolute atomic E-state index is 12.0. The first-order valence-electron chi connectivity index (χ1n) is 7.40. The fraction of sp³-hybridized carbons (Fsp3) is 0.105. The Bertz CT molecular complexity index is 788. The summed E-state index contributed by atoms with van der Waals surface area (Å²) in [5, 5.41) is 14.2. The number of amides is 2. The zero-order valence-corrected chi connectivity index (χ0v) is 13.2. The summed E-state index contributed by atoms with van der Waals surface area (Å²) in [5.41, 5.74) is 2.48. The number of carbonyl (C=O) groups is 2. The lowest BCUT2D eigenvalue weighted by Gasteiger charge is -2.05. The van der Waals surface area contributed by atoms with Crippen LogP contribution < -0.4 is 10.6 Å². The molecule has 0 bridgehead atoms. The molecule has 0 saturated carbocycles. The second-order valence-electron chi connectivity index (χ2n) is 5.22. The van der Waals surface area contributed by atoms with E-state index in [1.165, 1.54) is 6.20 Å². The van der Waals surface area contributed by atoms with Crippen LogP contribution in [-0.4, -0.2) is 11.8 Å². The Hall–Kier alpha value is -3.39. The van der Waals surface area contributed by atoms with E-state index in [4.69, 9.17) is 5.26 Å². The Labute approximate surface area is 140 Å². The number of nitrogens with zero attached hydrogens (tertiary/aromatic N) is 1. The third-order valence-electron chi connectivity index (χ3n) is 3.26. The Kier molecular flexibility index (Phi) is 5.87. The van der Waals surface area contributed by atoms with Crippen LogP contribution in [0.3, 0.4) is 0 Å². The van der Waals surface area contributed by atoms with Gasteiger partial charge in [-0.3, -0.25) is 14.9 Å². The Morgan fingerprint density at radius 3 is 2.38 bits per heavy atom. The van der Waals surface area contributed by atoms with Gasteiger partial charge in [0.1, 0.15) is 11.6 Å². The first-order chi connectivity index (χ1) is 11.6. The second kappa shape index (κ2) is 8.30. The van der Waals surface area contributed by atoms with Gasteiger partial charge in [0, 0.05) is 11.9 Å². The van der Waals surface area contributed by atoms with Crippen LogP contribution in [0.2, 0.25) is 0 Å². The monoisotopic (exact) mass is 319 g/mol. The van der Waals surface area contributed by atoms with Crippen LogP contribution in [0, 0.1) is 18.3 Å². The number of rotatable bonds is 5. The number of aryl methyl sites for hydroxylation is 1. The number of carbonyl (C=O) groups excluding carboxylic acids is 2. The molecule has 0 radical (unpaired) electrons. The number of benzene rings is 2. The predicted molar refractivity (Wildman–Crippen MR) is 91.8 cm³/mol. The largest absolute Gasteiger partial charge is 0.360 e. The lowest BCUT2D eigenvalue weighted by molar-refractivity contribution is -0.127. The number of hydrogen-bond donors (Lipinski definition) is 2. The molecule has 120 valence electrons. The zero-order chi connectivity index (χ0) is 17.4. The van der Waals surface area contributed by atoms with Crippen LogP contribution in [0.25, 0.3) is 0 Å². The topological polar surface area (TPSA) is 82.0 Å². The van der Waals surface area contributed by atoms with Crippen LogP contribution >= 0.6 is 0 Å². The van der Waals surface area contributed by atoms with Crippen LogP contribution in [0.4, 0.5) is 5.69 Å². The summed E-state index contributed by atoms with van der Waals surface area (Å²) in [4.78, 5) is 23.9. The highest BCUT2D eigenvalue weighted by Crippen LogP contribution is 2.09. The smallest absolute Gasteiger partial charge is 0.270 e. The summed E-state index contributed by atoms with van der Waals surface area (Å²) >= 11 is 0. The van der Waals surface area contributed by atoms with Gasteiger partial charge in [-0.25, -0.2) is 0 Å². The van der Waals surface area contributed by atoms with E-state index >= 15 is 0 Å². The van der Waals surface area contributed by atoms with E-state index < -0.39 is 11.8 Å². The maximum Gasteiger partial charge on any atom is 0.270 e. The van der Waals surface area contributed by atoms with E-state index in [9.17, 15) is 9.59 Å². The first kappa shape index (κ1) is 17.0. The summed E-state index contributed by atoms with van der Waals surface area (Å²) in [6.07, 6.45) is 1.37. The SMILES string of the molecule is Cc1ccc(N/C=C(/C#N)C(=O)NC(=O)Cc2ccccc2)cc1. The average Bonchev–Trinajstić information content (AvgIpc) is 2.58. The molecule has 24 heavy (non-hydrogen) atoms. The fourth-order valence-electron chi connectivity index (χ4n) is 1.97. The highest BCUT2D eigenvalue weighted by atomic mass is 16.2. The lowest BCUT2D eigenvalue weighted by atomic mass is 10.1. The van der Waals surface area contributed by atoms with Gasteiger partial charge >= 0.3 is 0 Å². The summed E-state index contributed by atoms with van der Waals surface area (Å²) in [7, 11) is 0. The highest BCUT2D eigenvalue weighted by molar-refractivity contribution is 6.07. The van der Waals surface area contributed by atoms with Crippen LogP contribution in [0.1, 0.15) is 11.1 Å². The van der Waals surface area contributed by atoms with Gasteiger partial charge in [0.15, 0.2) is 0 Å². The molecule has 0 heterocycles. The van der Waals surface area contributed by atoms with Crippen LogP contribution in [0.5, 0.6) is 0 Å². The van der Waals surface area contributed by atoms with Crippen molar-refractivity contribution in [1.29, 1.82) is 5.26 Å². The molecule has 0 atom stereocenters. The molecule has 2 amide bonds.